The van der Waals surface area contributed by atoms with E-state index in [1.165, 1.54) is 0 Å². The molecule has 1 atom stereocenters. The second-order valence-electron chi connectivity index (χ2n) is 4.94. The van der Waals surface area contributed by atoms with Crippen LogP contribution in [0.1, 0.15) is 40.5 Å². The molecule has 106 valence electrons. The molecule has 6 heteroatoms. The molecule has 0 aromatic rings. The van der Waals surface area contributed by atoms with Crippen LogP contribution in [0.15, 0.2) is 0 Å². The number of carbonyl (C=O) groups excluding carboxylic acids is 1. The van der Waals surface area contributed by atoms with Crippen LogP contribution in [-0.4, -0.2) is 42.0 Å². The molecular weight excluding hydrogens is 238 g/mol. The van der Waals surface area contributed by atoms with Gasteiger partial charge in [0.15, 0.2) is 0 Å². The van der Waals surface area contributed by atoms with E-state index in [0.29, 0.717) is 13.2 Å². The van der Waals surface area contributed by atoms with Gasteiger partial charge in [0, 0.05) is 19.6 Å². The van der Waals surface area contributed by atoms with E-state index in [1.807, 2.05) is 6.92 Å². The molecule has 0 saturated heterocycles. The number of aliphatic carboxylic acids is 1. The van der Waals surface area contributed by atoms with Crippen molar-refractivity contribution < 1.29 is 24.2 Å². The van der Waals surface area contributed by atoms with Crippen molar-refractivity contribution in [2.75, 3.05) is 13.2 Å². The first kappa shape index (κ1) is 16.7. The molecule has 1 amide bonds. The number of carbonyl (C=O) groups is 2. The maximum absolute atomic E-state index is 11.4. The fraction of sp³-hybridized carbons (Fsp3) is 0.833. The van der Waals surface area contributed by atoms with Crippen LogP contribution in [0, 0.1) is 0 Å². The van der Waals surface area contributed by atoms with Crippen molar-refractivity contribution in [1.29, 1.82) is 0 Å². The Morgan fingerprint density at radius 2 is 1.89 bits per heavy atom. The minimum absolute atomic E-state index is 0.217. The first-order valence-corrected chi connectivity index (χ1v) is 6.06. The number of hydrogen-bond donors (Lipinski definition) is 2. The van der Waals surface area contributed by atoms with Crippen molar-refractivity contribution in [3.8, 4) is 0 Å². The predicted octanol–water partition coefficient (Wildman–Crippen LogP) is 1.78. The third kappa shape index (κ3) is 8.81. The normalized spacial score (nSPS) is 12.9. The number of ether oxygens (including phenoxy) is 2. The van der Waals surface area contributed by atoms with Crippen LogP contribution in [0.25, 0.3) is 0 Å². The van der Waals surface area contributed by atoms with Gasteiger partial charge in [-0.3, -0.25) is 0 Å². The smallest absolute Gasteiger partial charge is 0.408 e. The fourth-order valence-electron chi connectivity index (χ4n) is 1.15. The van der Waals surface area contributed by atoms with Crippen LogP contribution in [0.4, 0.5) is 4.79 Å². The summed E-state index contributed by atoms with van der Waals surface area (Å²) in [7, 11) is 0. The minimum atomic E-state index is -1.10. The molecule has 0 radical (unpaired) electrons. The van der Waals surface area contributed by atoms with E-state index in [0.717, 1.165) is 6.42 Å². The van der Waals surface area contributed by atoms with Crippen molar-refractivity contribution in [3.05, 3.63) is 0 Å². The lowest BCUT2D eigenvalue weighted by atomic mass is 10.2. The van der Waals surface area contributed by atoms with Crippen LogP contribution in [0.3, 0.4) is 0 Å². The van der Waals surface area contributed by atoms with Gasteiger partial charge >= 0.3 is 12.1 Å². The van der Waals surface area contributed by atoms with E-state index >= 15 is 0 Å². The zero-order chi connectivity index (χ0) is 14.2. The molecular formula is C12H23NO5. The molecule has 0 aromatic heterocycles. The highest BCUT2D eigenvalue weighted by Gasteiger charge is 2.23. The highest BCUT2D eigenvalue weighted by atomic mass is 16.6. The summed E-state index contributed by atoms with van der Waals surface area (Å²) < 4.78 is 10.2. The zero-order valence-corrected chi connectivity index (χ0v) is 11.5. The predicted molar refractivity (Wildman–Crippen MR) is 66.5 cm³/mol. The van der Waals surface area contributed by atoms with Gasteiger partial charge in [0.05, 0.1) is 0 Å². The van der Waals surface area contributed by atoms with Crippen LogP contribution in [0.5, 0.6) is 0 Å². The van der Waals surface area contributed by atoms with Gasteiger partial charge in [-0.05, 0) is 27.2 Å². The molecule has 1 unspecified atom stereocenters. The van der Waals surface area contributed by atoms with Crippen molar-refractivity contribution in [2.24, 2.45) is 0 Å². The second-order valence-corrected chi connectivity index (χ2v) is 4.94. The Balaban J connectivity index is 4.11. The summed E-state index contributed by atoms with van der Waals surface area (Å²) in [6, 6.07) is -0.989. The Morgan fingerprint density at radius 3 is 2.33 bits per heavy atom. The van der Waals surface area contributed by atoms with E-state index in [-0.39, 0.29) is 6.42 Å². The first-order valence-electron chi connectivity index (χ1n) is 6.06. The Hall–Kier alpha value is -1.30. The molecule has 0 bridgehead atoms. The monoisotopic (exact) mass is 261 g/mol. The van der Waals surface area contributed by atoms with Crippen LogP contribution >= 0.6 is 0 Å². The zero-order valence-electron chi connectivity index (χ0n) is 11.5. The summed E-state index contributed by atoms with van der Waals surface area (Å²) in [6.45, 7) is 7.99. The summed E-state index contributed by atoms with van der Waals surface area (Å²) in [5.41, 5.74) is -0.647. The SMILES string of the molecule is CCCOCCC(NC(=O)OC(C)(C)C)C(=O)O. The topological polar surface area (TPSA) is 84.9 Å². The molecule has 0 rings (SSSR count). The van der Waals surface area contributed by atoms with Gasteiger partial charge in [0.25, 0.3) is 0 Å². The quantitative estimate of drug-likeness (QED) is 0.682. The third-order valence-electron chi connectivity index (χ3n) is 1.89. The molecule has 0 aliphatic rings. The Bertz CT molecular complexity index is 272. The minimum Gasteiger partial charge on any atom is -0.480 e. The molecule has 6 nitrogen and oxygen atoms in total. The summed E-state index contributed by atoms with van der Waals surface area (Å²) in [5, 5.41) is 11.3. The third-order valence-corrected chi connectivity index (χ3v) is 1.89. The largest absolute Gasteiger partial charge is 0.480 e. The van der Waals surface area contributed by atoms with Crippen LogP contribution in [0.2, 0.25) is 0 Å². The van der Waals surface area contributed by atoms with Gasteiger partial charge in [-0.15, -0.1) is 0 Å². The molecule has 0 spiro atoms. The molecule has 0 aromatic carbocycles. The molecule has 0 heterocycles. The van der Waals surface area contributed by atoms with Crippen molar-refractivity contribution in [1.82, 2.24) is 5.32 Å². The number of alkyl carbamates (subject to hydrolysis) is 1. The maximum Gasteiger partial charge on any atom is 0.408 e. The molecule has 0 aliphatic carbocycles. The van der Waals surface area contributed by atoms with Gasteiger partial charge in [-0.1, -0.05) is 6.92 Å². The number of hydrogen-bond acceptors (Lipinski definition) is 4. The van der Waals surface area contributed by atoms with Gasteiger partial charge in [0.2, 0.25) is 0 Å². The van der Waals surface area contributed by atoms with Crippen molar-refractivity contribution in [3.63, 3.8) is 0 Å². The number of nitrogens with one attached hydrogen (secondary N) is 1. The average Bonchev–Trinajstić information content (AvgIpc) is 2.19. The lowest BCUT2D eigenvalue weighted by molar-refractivity contribution is -0.140. The van der Waals surface area contributed by atoms with Crippen LogP contribution < -0.4 is 5.32 Å². The van der Waals surface area contributed by atoms with E-state index < -0.39 is 23.7 Å². The maximum atomic E-state index is 11.4. The highest BCUT2D eigenvalue weighted by Crippen LogP contribution is 2.07. The summed E-state index contributed by atoms with van der Waals surface area (Å²) >= 11 is 0. The van der Waals surface area contributed by atoms with Gasteiger partial charge in [-0.2, -0.15) is 0 Å². The number of carboxylic acids is 1. The number of rotatable bonds is 7. The van der Waals surface area contributed by atoms with Gasteiger partial charge in [-0.25, -0.2) is 9.59 Å². The van der Waals surface area contributed by atoms with Gasteiger partial charge < -0.3 is 19.9 Å². The van der Waals surface area contributed by atoms with Crippen LogP contribution in [-0.2, 0) is 14.3 Å². The van der Waals surface area contributed by atoms with Crippen molar-refractivity contribution in [2.45, 2.75) is 52.2 Å². The summed E-state index contributed by atoms with van der Waals surface area (Å²) in [6.07, 6.45) is 0.358. The van der Waals surface area contributed by atoms with Gasteiger partial charge in [0.1, 0.15) is 11.6 Å². The van der Waals surface area contributed by atoms with Crippen molar-refractivity contribution >= 4 is 12.1 Å². The van der Waals surface area contributed by atoms with E-state index in [4.69, 9.17) is 14.6 Å². The summed E-state index contributed by atoms with van der Waals surface area (Å²) in [5.74, 6) is -1.10. The van der Waals surface area contributed by atoms with E-state index in [2.05, 4.69) is 5.32 Å². The molecule has 18 heavy (non-hydrogen) atoms. The lowest BCUT2D eigenvalue weighted by Gasteiger charge is -2.21. The number of amides is 1. The molecule has 0 saturated carbocycles. The summed E-state index contributed by atoms with van der Waals surface area (Å²) in [4.78, 5) is 22.4. The molecule has 2 N–H and O–H groups in total. The highest BCUT2D eigenvalue weighted by molar-refractivity contribution is 5.79. The Labute approximate surface area is 108 Å². The first-order chi connectivity index (χ1) is 8.26. The van der Waals surface area contributed by atoms with E-state index in [9.17, 15) is 9.59 Å². The molecule has 0 aliphatic heterocycles. The molecule has 0 fully saturated rings. The number of carboxylic acid groups (broad SMARTS) is 1. The standard InChI is InChI=1S/C12H23NO5/c1-5-7-17-8-6-9(10(14)15)13-11(16)18-12(2,3)4/h9H,5-8H2,1-4H3,(H,13,16)(H,14,15). The fourth-order valence-corrected chi connectivity index (χ4v) is 1.15. The Morgan fingerprint density at radius 1 is 1.28 bits per heavy atom. The lowest BCUT2D eigenvalue weighted by Crippen LogP contribution is -2.44. The second kappa shape index (κ2) is 7.92. The average molecular weight is 261 g/mol. The Kier molecular flexibility index (Phi) is 7.35. The van der Waals surface area contributed by atoms with E-state index in [1.54, 1.807) is 20.8 Å².